The first kappa shape index (κ1) is 21.0. The van der Waals surface area contributed by atoms with E-state index in [9.17, 15) is 9.59 Å². The SMILES string of the molecule is C=CC(=O)OCCC[Si](OC)(OC)OC.CC=CC=O. The Balaban J connectivity index is 0. The van der Waals surface area contributed by atoms with E-state index in [2.05, 4.69) is 6.58 Å². The molecule has 7 heteroatoms. The van der Waals surface area contributed by atoms with Gasteiger partial charge in [-0.3, -0.25) is 4.79 Å². The van der Waals surface area contributed by atoms with Gasteiger partial charge < -0.3 is 18.0 Å². The smallest absolute Gasteiger partial charge is 0.463 e. The van der Waals surface area contributed by atoms with Crippen LogP contribution in [0.25, 0.3) is 0 Å². The van der Waals surface area contributed by atoms with Crippen LogP contribution >= 0.6 is 0 Å². The number of allylic oxidation sites excluding steroid dienone is 2. The van der Waals surface area contributed by atoms with E-state index < -0.39 is 14.8 Å². The summed E-state index contributed by atoms with van der Waals surface area (Å²) in [4.78, 5) is 20.0. The molecule has 0 saturated heterocycles. The minimum Gasteiger partial charge on any atom is -0.463 e. The van der Waals surface area contributed by atoms with Gasteiger partial charge in [-0.25, -0.2) is 4.79 Å². The third kappa shape index (κ3) is 10.6. The summed E-state index contributed by atoms with van der Waals surface area (Å²) in [5, 5.41) is 0. The Morgan fingerprint density at radius 2 is 1.75 bits per heavy atom. The molecule has 0 aliphatic carbocycles. The van der Waals surface area contributed by atoms with E-state index in [0.29, 0.717) is 19.1 Å². The molecular formula is C13H24O6Si. The van der Waals surface area contributed by atoms with Crippen molar-refractivity contribution in [1.82, 2.24) is 0 Å². The molecular weight excluding hydrogens is 280 g/mol. The van der Waals surface area contributed by atoms with Gasteiger partial charge in [0.15, 0.2) is 0 Å². The maximum atomic E-state index is 10.7. The predicted molar refractivity (Wildman–Crippen MR) is 78.2 cm³/mol. The highest BCUT2D eigenvalue weighted by molar-refractivity contribution is 6.60. The lowest BCUT2D eigenvalue weighted by Crippen LogP contribution is -2.42. The summed E-state index contributed by atoms with van der Waals surface area (Å²) in [5.74, 6) is -0.422. The highest BCUT2D eigenvalue weighted by Crippen LogP contribution is 2.14. The first-order valence-electron chi connectivity index (χ1n) is 6.06. The topological polar surface area (TPSA) is 71.1 Å². The van der Waals surface area contributed by atoms with Crippen molar-refractivity contribution >= 4 is 21.1 Å². The van der Waals surface area contributed by atoms with Gasteiger partial charge in [0.25, 0.3) is 0 Å². The molecule has 6 nitrogen and oxygen atoms in total. The van der Waals surface area contributed by atoms with E-state index in [1.807, 2.05) is 0 Å². The number of carbonyl (C=O) groups excluding carboxylic acids is 2. The third-order valence-corrected chi connectivity index (χ3v) is 5.07. The molecule has 116 valence electrons. The Bertz CT molecular complexity index is 291. The highest BCUT2D eigenvalue weighted by Gasteiger charge is 2.36. The zero-order chi connectivity index (χ0) is 15.9. The molecule has 0 fully saturated rings. The maximum Gasteiger partial charge on any atom is 0.500 e. The predicted octanol–water partition coefficient (Wildman–Crippen LogP) is 1.75. The molecule has 0 rings (SSSR count). The van der Waals surface area contributed by atoms with Gasteiger partial charge in [0.1, 0.15) is 6.29 Å². The molecule has 0 atom stereocenters. The number of rotatable bonds is 9. The quantitative estimate of drug-likeness (QED) is 0.212. The first-order valence-corrected chi connectivity index (χ1v) is 8.00. The number of carbonyl (C=O) groups is 2. The van der Waals surface area contributed by atoms with Gasteiger partial charge in [0.2, 0.25) is 0 Å². The van der Waals surface area contributed by atoms with Gasteiger partial charge in [-0.05, 0) is 19.4 Å². The van der Waals surface area contributed by atoms with Crippen LogP contribution in [0.1, 0.15) is 13.3 Å². The fourth-order valence-electron chi connectivity index (χ4n) is 1.16. The van der Waals surface area contributed by atoms with E-state index in [0.717, 1.165) is 12.4 Å². The minimum absolute atomic E-state index is 0.315. The van der Waals surface area contributed by atoms with Crippen molar-refractivity contribution in [3.63, 3.8) is 0 Å². The molecule has 0 aromatic rings. The van der Waals surface area contributed by atoms with Crippen molar-refractivity contribution in [3.05, 3.63) is 24.8 Å². The van der Waals surface area contributed by atoms with Crippen LogP contribution < -0.4 is 0 Å². The molecule has 0 unspecified atom stereocenters. The molecule has 0 aromatic heterocycles. The van der Waals surface area contributed by atoms with E-state index in [-0.39, 0.29) is 0 Å². The summed E-state index contributed by atoms with van der Waals surface area (Å²) in [7, 11) is 2.13. The van der Waals surface area contributed by atoms with Crippen LogP contribution in [0.5, 0.6) is 0 Å². The second kappa shape index (κ2) is 14.1. The average Bonchev–Trinajstić information content (AvgIpc) is 2.49. The largest absolute Gasteiger partial charge is 0.500 e. The zero-order valence-corrected chi connectivity index (χ0v) is 13.6. The van der Waals surface area contributed by atoms with Gasteiger partial charge in [0.05, 0.1) is 6.61 Å². The minimum atomic E-state index is -2.52. The summed E-state index contributed by atoms with van der Waals surface area (Å²) < 4.78 is 20.4. The number of hydrogen-bond donors (Lipinski definition) is 0. The third-order valence-electron chi connectivity index (χ3n) is 2.24. The number of ether oxygens (including phenoxy) is 1. The van der Waals surface area contributed by atoms with Crippen LogP contribution in [0.15, 0.2) is 24.8 Å². The second-order valence-corrected chi connectivity index (χ2v) is 6.52. The van der Waals surface area contributed by atoms with Crippen LogP contribution in [0, 0.1) is 0 Å². The molecule has 0 saturated carbocycles. The lowest BCUT2D eigenvalue weighted by atomic mass is 10.5. The number of hydrogen-bond acceptors (Lipinski definition) is 6. The summed E-state index contributed by atoms with van der Waals surface area (Å²) in [6.07, 6.45) is 5.65. The molecule has 20 heavy (non-hydrogen) atoms. The standard InChI is InChI=1S/C9H18O5Si.C4H6O/c1-5-9(10)14-7-6-8-15(11-2,12-3)13-4;1-2-3-4-5/h5H,1,6-8H2,2-4H3;2-4H,1H3. The fourth-order valence-corrected chi connectivity index (χ4v) is 2.84. The molecule has 0 spiro atoms. The summed E-state index contributed by atoms with van der Waals surface area (Å²) >= 11 is 0. The first-order chi connectivity index (χ1) is 9.55. The van der Waals surface area contributed by atoms with E-state index in [1.54, 1.807) is 34.3 Å². The number of aldehydes is 1. The zero-order valence-electron chi connectivity index (χ0n) is 12.6. The molecule has 0 radical (unpaired) electrons. The van der Waals surface area contributed by atoms with Crippen molar-refractivity contribution in [2.45, 2.75) is 19.4 Å². The van der Waals surface area contributed by atoms with Crippen molar-refractivity contribution in [2.24, 2.45) is 0 Å². The molecule has 0 aromatic carbocycles. The van der Waals surface area contributed by atoms with Gasteiger partial charge in [-0.15, -0.1) is 0 Å². The van der Waals surface area contributed by atoms with E-state index in [1.165, 1.54) is 6.08 Å². The molecule has 0 heterocycles. The Labute approximate surface area is 121 Å². The summed E-state index contributed by atoms with van der Waals surface area (Å²) in [6, 6.07) is 0.612. The van der Waals surface area contributed by atoms with Crippen LogP contribution in [0.2, 0.25) is 6.04 Å². The van der Waals surface area contributed by atoms with Crippen molar-refractivity contribution < 1.29 is 27.6 Å². The Kier molecular flexibility index (Phi) is 14.9. The van der Waals surface area contributed by atoms with Crippen LogP contribution in [0.3, 0.4) is 0 Å². The van der Waals surface area contributed by atoms with Gasteiger partial charge in [-0.2, -0.15) is 0 Å². The normalized spacial score (nSPS) is 10.6. The number of esters is 1. The Morgan fingerprint density at radius 3 is 2.05 bits per heavy atom. The molecule has 0 aliphatic heterocycles. The van der Waals surface area contributed by atoms with Crippen molar-refractivity contribution in [1.29, 1.82) is 0 Å². The summed E-state index contributed by atoms with van der Waals surface area (Å²) in [5.41, 5.74) is 0. The van der Waals surface area contributed by atoms with Gasteiger partial charge >= 0.3 is 14.8 Å². The van der Waals surface area contributed by atoms with Crippen LogP contribution in [-0.2, 0) is 27.6 Å². The van der Waals surface area contributed by atoms with Crippen molar-refractivity contribution in [3.8, 4) is 0 Å². The molecule has 0 amide bonds. The molecule has 0 bridgehead atoms. The van der Waals surface area contributed by atoms with Gasteiger partial charge in [-0.1, -0.05) is 12.7 Å². The molecule has 0 N–H and O–H groups in total. The van der Waals surface area contributed by atoms with Crippen molar-refractivity contribution in [2.75, 3.05) is 27.9 Å². The molecule has 0 aliphatic rings. The van der Waals surface area contributed by atoms with E-state index >= 15 is 0 Å². The lowest BCUT2D eigenvalue weighted by molar-refractivity contribution is -0.137. The summed E-state index contributed by atoms with van der Waals surface area (Å²) in [6.45, 7) is 5.41. The van der Waals surface area contributed by atoms with Crippen LogP contribution in [0.4, 0.5) is 0 Å². The Morgan fingerprint density at radius 1 is 1.20 bits per heavy atom. The average molecular weight is 304 g/mol. The monoisotopic (exact) mass is 304 g/mol. The lowest BCUT2D eigenvalue weighted by Gasteiger charge is -2.23. The van der Waals surface area contributed by atoms with Gasteiger partial charge in [0, 0.05) is 33.4 Å². The maximum absolute atomic E-state index is 10.7. The Hall–Kier alpha value is -1.28. The second-order valence-electron chi connectivity index (χ2n) is 3.43. The fraction of sp³-hybridized carbons (Fsp3) is 0.538. The highest BCUT2D eigenvalue weighted by atomic mass is 28.4. The van der Waals surface area contributed by atoms with Crippen LogP contribution in [-0.4, -0.2) is 49.0 Å². The van der Waals surface area contributed by atoms with E-state index in [4.69, 9.17) is 18.0 Å².